The number of sulfonamides is 1. The maximum absolute atomic E-state index is 13.2. The fourth-order valence-corrected chi connectivity index (χ4v) is 5.89. The fourth-order valence-electron chi connectivity index (χ4n) is 3.62. The Hall–Kier alpha value is -1.21. The summed E-state index contributed by atoms with van der Waals surface area (Å²) in [5, 5.41) is 5.06. The van der Waals surface area contributed by atoms with E-state index in [2.05, 4.69) is 10.3 Å². The third kappa shape index (κ3) is 2.06. The molecular formula is C15H16ClN3O2S. The highest BCUT2D eigenvalue weighted by molar-refractivity contribution is 7.89. The molecule has 0 bridgehead atoms. The molecule has 5 nitrogen and oxygen atoms in total. The van der Waals surface area contributed by atoms with Crippen LogP contribution in [0.1, 0.15) is 12.8 Å². The number of hydrogen-bond acceptors (Lipinski definition) is 4. The molecule has 0 unspecified atom stereocenters. The van der Waals surface area contributed by atoms with Gasteiger partial charge in [0.1, 0.15) is 0 Å². The van der Waals surface area contributed by atoms with Crippen molar-refractivity contribution in [2.75, 3.05) is 13.1 Å². The van der Waals surface area contributed by atoms with E-state index in [-0.39, 0.29) is 17.0 Å². The zero-order valence-electron chi connectivity index (χ0n) is 11.9. The molecule has 7 heteroatoms. The molecule has 2 atom stereocenters. The van der Waals surface area contributed by atoms with Gasteiger partial charge in [-0.2, -0.15) is 4.31 Å². The Morgan fingerprint density at radius 1 is 1.27 bits per heavy atom. The van der Waals surface area contributed by atoms with E-state index in [0.717, 1.165) is 24.8 Å². The van der Waals surface area contributed by atoms with Gasteiger partial charge in [0.25, 0.3) is 0 Å². The van der Waals surface area contributed by atoms with E-state index in [1.165, 1.54) is 6.20 Å². The fraction of sp³-hybridized carbons (Fsp3) is 0.400. The average Bonchev–Trinajstić information content (AvgIpc) is 3.09. The van der Waals surface area contributed by atoms with Crippen molar-refractivity contribution in [1.82, 2.24) is 14.6 Å². The number of aromatic nitrogens is 1. The molecule has 2 aliphatic rings. The number of pyridine rings is 1. The lowest BCUT2D eigenvalue weighted by atomic mass is 10.1. The number of fused-ring (bicyclic) bond motifs is 2. The molecular weight excluding hydrogens is 322 g/mol. The van der Waals surface area contributed by atoms with Gasteiger partial charge in [-0.25, -0.2) is 8.42 Å². The van der Waals surface area contributed by atoms with Crippen LogP contribution in [0.15, 0.2) is 35.5 Å². The Bertz CT molecular complexity index is 835. The number of halogens is 1. The van der Waals surface area contributed by atoms with Crippen LogP contribution in [0.3, 0.4) is 0 Å². The van der Waals surface area contributed by atoms with Gasteiger partial charge in [0.15, 0.2) is 0 Å². The first-order valence-corrected chi connectivity index (χ1v) is 9.18. The van der Waals surface area contributed by atoms with Crippen LogP contribution in [0.25, 0.3) is 10.8 Å². The van der Waals surface area contributed by atoms with Crippen molar-refractivity contribution in [3.05, 3.63) is 35.6 Å². The Balaban J connectivity index is 1.88. The molecule has 4 rings (SSSR count). The van der Waals surface area contributed by atoms with E-state index in [1.54, 1.807) is 22.6 Å². The molecule has 0 radical (unpaired) electrons. The number of nitrogens with one attached hydrogen (secondary N) is 1. The highest BCUT2D eigenvalue weighted by Gasteiger charge is 2.44. The molecule has 1 aromatic carbocycles. The predicted molar refractivity (Wildman–Crippen MR) is 85.5 cm³/mol. The van der Waals surface area contributed by atoms with Gasteiger partial charge in [-0.05, 0) is 25.5 Å². The van der Waals surface area contributed by atoms with Crippen LogP contribution >= 0.6 is 11.6 Å². The van der Waals surface area contributed by atoms with Crippen molar-refractivity contribution in [1.29, 1.82) is 0 Å². The van der Waals surface area contributed by atoms with Crippen LogP contribution < -0.4 is 5.32 Å². The van der Waals surface area contributed by atoms with Gasteiger partial charge in [-0.3, -0.25) is 4.98 Å². The van der Waals surface area contributed by atoms with Crippen molar-refractivity contribution in [2.24, 2.45) is 0 Å². The summed E-state index contributed by atoms with van der Waals surface area (Å²) in [4.78, 5) is 4.32. The van der Waals surface area contributed by atoms with Crippen LogP contribution in [-0.2, 0) is 10.0 Å². The highest BCUT2D eigenvalue weighted by atomic mass is 35.5. The summed E-state index contributed by atoms with van der Waals surface area (Å²) < 4.78 is 28.0. The van der Waals surface area contributed by atoms with Gasteiger partial charge < -0.3 is 5.32 Å². The zero-order valence-corrected chi connectivity index (χ0v) is 13.4. The quantitative estimate of drug-likeness (QED) is 0.910. The monoisotopic (exact) mass is 337 g/mol. The molecule has 0 spiro atoms. The Morgan fingerprint density at radius 3 is 3.00 bits per heavy atom. The van der Waals surface area contributed by atoms with Crippen molar-refractivity contribution in [3.63, 3.8) is 0 Å². The van der Waals surface area contributed by atoms with Gasteiger partial charge in [0, 0.05) is 41.8 Å². The molecule has 0 saturated carbocycles. The number of rotatable bonds is 2. The average molecular weight is 338 g/mol. The topological polar surface area (TPSA) is 62.3 Å². The Labute approximate surface area is 134 Å². The largest absolute Gasteiger partial charge is 0.312 e. The number of nitrogens with zero attached hydrogens (tertiary/aromatic N) is 2. The van der Waals surface area contributed by atoms with E-state index >= 15 is 0 Å². The highest BCUT2D eigenvalue weighted by Crippen LogP contribution is 2.35. The molecule has 2 aromatic rings. The van der Waals surface area contributed by atoms with Gasteiger partial charge in [0.05, 0.1) is 9.92 Å². The lowest BCUT2D eigenvalue weighted by Gasteiger charge is -2.23. The second-order valence-electron chi connectivity index (χ2n) is 5.80. The molecule has 1 N–H and O–H groups in total. The standard InChI is InChI=1S/C15H16ClN3O2S/c16-11-9-17-8-10-2-1-3-14(15(10)11)22(20,21)19-7-5-12-13(19)4-6-18-12/h1-3,8-9,12-13,18H,4-7H2/t12-,13-/m0/s1. The summed E-state index contributed by atoms with van der Waals surface area (Å²) >= 11 is 6.23. The minimum Gasteiger partial charge on any atom is -0.312 e. The maximum Gasteiger partial charge on any atom is 0.244 e. The first-order valence-electron chi connectivity index (χ1n) is 7.36. The number of hydrogen-bond donors (Lipinski definition) is 1. The zero-order chi connectivity index (χ0) is 15.3. The van der Waals surface area contributed by atoms with Crippen LogP contribution in [0.4, 0.5) is 0 Å². The summed E-state index contributed by atoms with van der Waals surface area (Å²) in [7, 11) is -3.56. The lowest BCUT2D eigenvalue weighted by molar-refractivity contribution is 0.386. The van der Waals surface area contributed by atoms with E-state index in [1.807, 2.05) is 6.07 Å². The summed E-state index contributed by atoms with van der Waals surface area (Å²) in [6.07, 6.45) is 4.87. The molecule has 1 aromatic heterocycles. The maximum atomic E-state index is 13.2. The number of benzene rings is 1. The minimum absolute atomic E-state index is 0.0564. The molecule has 2 fully saturated rings. The molecule has 0 aliphatic carbocycles. The summed E-state index contributed by atoms with van der Waals surface area (Å²) in [6, 6.07) is 5.55. The summed E-state index contributed by atoms with van der Waals surface area (Å²) in [5.74, 6) is 0. The molecule has 2 aliphatic heterocycles. The van der Waals surface area contributed by atoms with Gasteiger partial charge >= 0.3 is 0 Å². The van der Waals surface area contributed by atoms with Crippen molar-refractivity contribution >= 4 is 32.4 Å². The first kappa shape index (κ1) is 14.4. The van der Waals surface area contributed by atoms with E-state index in [4.69, 9.17) is 11.6 Å². The van der Waals surface area contributed by atoms with E-state index < -0.39 is 10.0 Å². The molecule has 2 saturated heterocycles. The Morgan fingerprint density at radius 2 is 2.14 bits per heavy atom. The first-order chi connectivity index (χ1) is 10.6. The van der Waals surface area contributed by atoms with Gasteiger partial charge in [-0.15, -0.1) is 0 Å². The van der Waals surface area contributed by atoms with Crippen molar-refractivity contribution in [2.45, 2.75) is 29.8 Å². The second-order valence-corrected chi connectivity index (χ2v) is 8.06. The van der Waals surface area contributed by atoms with Crippen molar-refractivity contribution in [3.8, 4) is 0 Å². The van der Waals surface area contributed by atoms with E-state index in [9.17, 15) is 8.42 Å². The Kier molecular flexibility index (Phi) is 3.38. The van der Waals surface area contributed by atoms with Crippen LogP contribution in [0.5, 0.6) is 0 Å². The van der Waals surface area contributed by atoms with Crippen LogP contribution in [-0.4, -0.2) is 42.9 Å². The molecule has 3 heterocycles. The third-order valence-corrected chi connectivity index (χ3v) is 6.88. The normalized spacial score (nSPS) is 25.7. The predicted octanol–water partition coefficient (Wildman–Crippen LogP) is 2.01. The van der Waals surface area contributed by atoms with Gasteiger partial charge in [0.2, 0.25) is 10.0 Å². The summed E-state index contributed by atoms with van der Waals surface area (Å²) in [6.45, 7) is 1.44. The van der Waals surface area contributed by atoms with Gasteiger partial charge in [-0.1, -0.05) is 23.7 Å². The van der Waals surface area contributed by atoms with Crippen LogP contribution in [0, 0.1) is 0 Å². The SMILES string of the molecule is O=S(=O)(c1cccc2cncc(Cl)c12)N1CC[C@@H]2NCC[C@@H]21. The smallest absolute Gasteiger partial charge is 0.244 e. The van der Waals surface area contributed by atoms with Crippen molar-refractivity contribution < 1.29 is 8.42 Å². The summed E-state index contributed by atoms with van der Waals surface area (Å²) in [5.41, 5.74) is 0. The minimum atomic E-state index is -3.56. The second kappa shape index (κ2) is 5.16. The lowest BCUT2D eigenvalue weighted by Crippen LogP contribution is -2.38. The molecule has 22 heavy (non-hydrogen) atoms. The van der Waals surface area contributed by atoms with E-state index in [0.29, 0.717) is 17.0 Å². The third-order valence-electron chi connectivity index (χ3n) is 4.63. The molecule has 116 valence electrons. The molecule has 0 amide bonds. The van der Waals surface area contributed by atoms with Crippen LogP contribution in [0.2, 0.25) is 5.02 Å².